The van der Waals surface area contributed by atoms with Crippen LogP contribution < -0.4 is 4.74 Å². The van der Waals surface area contributed by atoms with E-state index in [0.717, 1.165) is 0 Å². The molecule has 1 aliphatic carbocycles. The maximum Gasteiger partial charge on any atom is 0.337 e. The van der Waals surface area contributed by atoms with Gasteiger partial charge < -0.3 is 25.2 Å². The third kappa shape index (κ3) is 2.65. The Hall–Kier alpha value is -4.57. The summed E-state index contributed by atoms with van der Waals surface area (Å²) in [7, 11) is 0. The van der Waals surface area contributed by atoms with Crippen LogP contribution in [0.5, 0.6) is 17.2 Å². The molecule has 2 aliphatic rings. The van der Waals surface area contributed by atoms with Crippen molar-refractivity contribution in [3.8, 4) is 17.2 Å². The highest BCUT2D eigenvalue weighted by molar-refractivity contribution is 6.06. The van der Waals surface area contributed by atoms with Gasteiger partial charge >= 0.3 is 5.97 Å². The van der Waals surface area contributed by atoms with Crippen LogP contribution in [0.2, 0.25) is 0 Å². The number of hydrogen-bond donors (Lipinski definition) is 4. The molecule has 0 bridgehead atoms. The van der Waals surface area contributed by atoms with Gasteiger partial charge in [-0.15, -0.1) is 0 Å². The lowest BCUT2D eigenvalue weighted by molar-refractivity contribution is 0.0236. The second-order valence-corrected chi connectivity index (χ2v) is 8.75. The number of carboxylic acid groups (broad SMARTS) is 1. The number of rotatable bonds is 1. The number of ether oxygens (including phenoxy) is 1. The van der Waals surface area contributed by atoms with E-state index in [1.54, 1.807) is 24.3 Å². The minimum atomic E-state index is -1.18. The normalized spacial score (nSPS) is 20.4. The van der Waals surface area contributed by atoms with Crippen LogP contribution in [0.15, 0.2) is 42.5 Å². The Labute approximate surface area is 196 Å². The zero-order valence-electron chi connectivity index (χ0n) is 17.9. The summed E-state index contributed by atoms with van der Waals surface area (Å²) in [6.07, 6.45) is -1.56. The second kappa shape index (κ2) is 6.73. The Kier molecular flexibility index (Phi) is 3.82. The van der Waals surface area contributed by atoms with Crippen molar-refractivity contribution < 1.29 is 30.0 Å². The number of aromatic hydroxyl groups is 2. The third-order valence-electron chi connectivity index (χ3n) is 6.77. The number of hydrogen-bond acceptors (Lipinski definition) is 9. The maximum atomic E-state index is 12.2. The number of carbonyl (C=O) groups is 1. The molecule has 0 fully saturated rings. The summed E-state index contributed by atoms with van der Waals surface area (Å²) in [6.45, 7) is 0. The number of fused-ring (bicyclic) bond motifs is 8. The van der Waals surface area contributed by atoms with Crippen LogP contribution in [-0.4, -0.2) is 52.4 Å². The molecule has 3 heterocycles. The van der Waals surface area contributed by atoms with E-state index in [1.807, 2.05) is 0 Å². The molecule has 0 spiro atoms. The molecule has 5 aromatic rings. The predicted molar refractivity (Wildman–Crippen MR) is 123 cm³/mol. The fourth-order valence-electron chi connectivity index (χ4n) is 5.16. The molecule has 10 nitrogen and oxygen atoms in total. The molecule has 3 atom stereocenters. The number of phenolic OH excluding ortho intramolecular Hbond substituents is 2. The zero-order chi connectivity index (χ0) is 24.0. The Morgan fingerprint density at radius 2 is 1.57 bits per heavy atom. The molecule has 172 valence electrons. The Balaban J connectivity index is 1.47. The Morgan fingerprint density at radius 1 is 0.886 bits per heavy atom. The van der Waals surface area contributed by atoms with Gasteiger partial charge in [-0.2, -0.15) is 0 Å². The van der Waals surface area contributed by atoms with E-state index in [-0.39, 0.29) is 33.6 Å². The number of carboxylic acids is 1. The van der Waals surface area contributed by atoms with E-state index < -0.39 is 24.1 Å². The van der Waals surface area contributed by atoms with Crippen molar-refractivity contribution in [2.75, 3.05) is 0 Å². The Bertz CT molecular complexity index is 1750. The monoisotopic (exact) mass is 468 g/mol. The summed E-state index contributed by atoms with van der Waals surface area (Å²) < 4.78 is 6.21. The molecule has 7 rings (SSSR count). The standard InChI is InChI=1S/C25H16N4O6/c30-15-5-1-3-12-18(15)28-14-8-10-9-7-11(25(33)34)17-21(23(9)35-24(10)22(32)20(14)27-12)29-19-13(26-17)4-2-6-16(19)31/h1-7,10,22,24,30-32H,8H2,(H,33,34)/t10-,22-,24+/m1/s1. The molecule has 3 aromatic carbocycles. The van der Waals surface area contributed by atoms with Gasteiger partial charge in [0.2, 0.25) is 0 Å². The molecule has 2 aromatic heterocycles. The number of benzene rings is 3. The number of aliphatic hydroxyl groups is 1. The summed E-state index contributed by atoms with van der Waals surface area (Å²) in [4.78, 5) is 30.3. The highest BCUT2D eigenvalue weighted by Gasteiger charge is 2.47. The average Bonchev–Trinajstić information content (AvgIpc) is 3.21. The van der Waals surface area contributed by atoms with Crippen LogP contribution >= 0.6 is 0 Å². The lowest BCUT2D eigenvalue weighted by atomic mass is 9.81. The van der Waals surface area contributed by atoms with E-state index in [2.05, 4.69) is 19.9 Å². The molecule has 0 amide bonds. The molecule has 4 N–H and O–H groups in total. The molecular formula is C25H16N4O6. The van der Waals surface area contributed by atoms with Gasteiger partial charge in [0.1, 0.15) is 45.8 Å². The van der Waals surface area contributed by atoms with Crippen molar-refractivity contribution in [1.29, 1.82) is 0 Å². The minimum absolute atomic E-state index is 0.0152. The fourth-order valence-corrected chi connectivity index (χ4v) is 5.16. The summed E-state index contributed by atoms with van der Waals surface area (Å²) in [5.41, 5.74) is 3.04. The quantitative estimate of drug-likeness (QED) is 0.269. The number of aromatic carboxylic acids is 1. The molecule has 0 radical (unpaired) electrons. The van der Waals surface area contributed by atoms with Gasteiger partial charge in [-0.25, -0.2) is 24.7 Å². The molecule has 35 heavy (non-hydrogen) atoms. The smallest absolute Gasteiger partial charge is 0.337 e. The van der Waals surface area contributed by atoms with E-state index in [1.165, 1.54) is 18.2 Å². The molecule has 0 unspecified atom stereocenters. The van der Waals surface area contributed by atoms with Crippen molar-refractivity contribution in [2.24, 2.45) is 0 Å². The first-order valence-corrected chi connectivity index (χ1v) is 10.9. The van der Waals surface area contributed by atoms with Gasteiger partial charge in [0.25, 0.3) is 0 Å². The van der Waals surface area contributed by atoms with Crippen molar-refractivity contribution >= 4 is 39.1 Å². The lowest BCUT2D eigenvalue weighted by Gasteiger charge is -2.30. The number of aromatic nitrogens is 4. The van der Waals surface area contributed by atoms with Gasteiger partial charge in [0, 0.05) is 17.9 Å². The first-order chi connectivity index (χ1) is 16.9. The number of phenols is 2. The molecule has 0 saturated heterocycles. The Morgan fingerprint density at radius 3 is 2.29 bits per heavy atom. The average molecular weight is 468 g/mol. The SMILES string of the molecule is O=C(O)c1cc2c(c3nc4c(O)cccc4nc13)O[C@@H]1[C@H](O)c3nc4cccc(O)c4nc3C[C@H]21. The van der Waals surface area contributed by atoms with Crippen LogP contribution in [0.3, 0.4) is 0 Å². The van der Waals surface area contributed by atoms with E-state index >= 15 is 0 Å². The number of aliphatic hydroxyl groups excluding tert-OH is 1. The minimum Gasteiger partial charge on any atom is -0.506 e. The van der Waals surface area contributed by atoms with Crippen LogP contribution in [0.1, 0.15) is 39.3 Å². The second-order valence-electron chi connectivity index (χ2n) is 8.75. The van der Waals surface area contributed by atoms with Gasteiger partial charge in [-0.1, -0.05) is 12.1 Å². The lowest BCUT2D eigenvalue weighted by Crippen LogP contribution is -2.34. The third-order valence-corrected chi connectivity index (χ3v) is 6.77. The molecule has 1 aliphatic heterocycles. The summed E-state index contributed by atoms with van der Waals surface area (Å²) in [6, 6.07) is 11.1. The van der Waals surface area contributed by atoms with E-state index in [4.69, 9.17) is 4.74 Å². The number of para-hydroxylation sites is 2. The van der Waals surface area contributed by atoms with Crippen molar-refractivity contribution in [3.05, 3.63) is 65.0 Å². The van der Waals surface area contributed by atoms with Crippen molar-refractivity contribution in [1.82, 2.24) is 19.9 Å². The van der Waals surface area contributed by atoms with Gasteiger partial charge in [-0.3, -0.25) is 0 Å². The molecule has 0 saturated carbocycles. The first-order valence-electron chi connectivity index (χ1n) is 10.9. The van der Waals surface area contributed by atoms with Crippen LogP contribution in [0.25, 0.3) is 33.1 Å². The van der Waals surface area contributed by atoms with Crippen molar-refractivity contribution in [2.45, 2.75) is 24.5 Å². The highest BCUT2D eigenvalue weighted by Crippen LogP contribution is 2.51. The first kappa shape index (κ1) is 19.9. The molecule has 10 heteroatoms. The van der Waals surface area contributed by atoms with Crippen LogP contribution in [0, 0.1) is 0 Å². The van der Waals surface area contributed by atoms with E-state index in [9.17, 15) is 25.2 Å². The van der Waals surface area contributed by atoms with Crippen molar-refractivity contribution in [3.63, 3.8) is 0 Å². The molecular weight excluding hydrogens is 452 g/mol. The largest absolute Gasteiger partial charge is 0.506 e. The summed E-state index contributed by atoms with van der Waals surface area (Å²) in [5, 5.41) is 41.7. The highest BCUT2D eigenvalue weighted by atomic mass is 16.5. The fraction of sp³-hybridized carbons (Fsp3) is 0.160. The summed E-state index contributed by atoms with van der Waals surface area (Å²) in [5.74, 6) is -1.39. The van der Waals surface area contributed by atoms with Crippen LogP contribution in [-0.2, 0) is 6.42 Å². The zero-order valence-corrected chi connectivity index (χ0v) is 17.9. The topological polar surface area (TPSA) is 159 Å². The van der Waals surface area contributed by atoms with Gasteiger partial charge in [0.15, 0.2) is 5.75 Å². The summed E-state index contributed by atoms with van der Waals surface area (Å²) >= 11 is 0. The van der Waals surface area contributed by atoms with Gasteiger partial charge in [0.05, 0.1) is 28.0 Å². The van der Waals surface area contributed by atoms with E-state index in [0.29, 0.717) is 45.7 Å². The van der Waals surface area contributed by atoms with Crippen LogP contribution in [0.4, 0.5) is 0 Å². The maximum absolute atomic E-state index is 12.2. The van der Waals surface area contributed by atoms with Gasteiger partial charge in [-0.05, 0) is 30.3 Å². The predicted octanol–water partition coefficient (Wildman–Crippen LogP) is 2.97. The number of nitrogens with zero attached hydrogens (tertiary/aromatic N) is 4.